The maximum absolute atomic E-state index is 6.03. The topological polar surface area (TPSA) is 15.8 Å². The molecule has 0 unspecified atom stereocenters. The van der Waals surface area contributed by atoms with Crippen LogP contribution < -0.4 is 0 Å². The Morgan fingerprint density at radius 1 is 1.18 bits per heavy atom. The third-order valence-electron chi connectivity index (χ3n) is 2.96. The van der Waals surface area contributed by atoms with Gasteiger partial charge in [-0.25, -0.2) is 0 Å². The number of rotatable bonds is 2. The fourth-order valence-electron chi connectivity index (χ4n) is 2.19. The zero-order chi connectivity index (χ0) is 11.8. The van der Waals surface area contributed by atoms with Gasteiger partial charge in [-0.3, -0.25) is 0 Å². The Bertz CT molecular complexity index is 666. The normalized spacial score (nSPS) is 11.2. The van der Waals surface area contributed by atoms with E-state index < -0.39 is 0 Å². The molecule has 2 aromatic heterocycles. The third kappa shape index (κ3) is 1.78. The minimum absolute atomic E-state index is 0.840. The van der Waals surface area contributed by atoms with E-state index in [0.29, 0.717) is 0 Å². The van der Waals surface area contributed by atoms with Gasteiger partial charge in [0.1, 0.15) is 0 Å². The van der Waals surface area contributed by atoms with Crippen molar-refractivity contribution in [2.45, 2.75) is 13.3 Å². The summed E-state index contributed by atoms with van der Waals surface area (Å²) in [6.45, 7) is 2.17. The number of H-pyrrole nitrogens is 1. The zero-order valence-electron chi connectivity index (χ0n) is 9.46. The Morgan fingerprint density at radius 3 is 2.71 bits per heavy atom. The molecule has 0 radical (unpaired) electrons. The predicted octanol–water partition coefficient (Wildman–Crippen LogP) is 5.11. The molecule has 3 heteroatoms. The number of benzene rings is 1. The quantitative estimate of drug-likeness (QED) is 0.660. The number of halogens is 1. The smallest absolute Gasteiger partial charge is 0.0934 e. The highest BCUT2D eigenvalue weighted by Gasteiger charge is 2.13. The monoisotopic (exact) mass is 261 g/mol. The highest BCUT2D eigenvalue weighted by Crippen LogP contribution is 2.38. The largest absolute Gasteiger partial charge is 0.358 e. The second kappa shape index (κ2) is 4.21. The molecule has 1 aromatic carbocycles. The number of para-hydroxylation sites is 1. The maximum atomic E-state index is 6.03. The van der Waals surface area contributed by atoms with Crippen LogP contribution >= 0.6 is 22.9 Å². The van der Waals surface area contributed by atoms with Crippen molar-refractivity contribution in [3.05, 3.63) is 46.4 Å². The molecule has 0 saturated carbocycles. The lowest BCUT2D eigenvalue weighted by Crippen LogP contribution is -1.81. The summed E-state index contributed by atoms with van der Waals surface area (Å²) < 4.78 is 0.840. The van der Waals surface area contributed by atoms with Gasteiger partial charge in [0.05, 0.1) is 4.34 Å². The van der Waals surface area contributed by atoms with Gasteiger partial charge >= 0.3 is 0 Å². The van der Waals surface area contributed by atoms with Crippen LogP contribution in [0.15, 0.2) is 36.4 Å². The van der Waals surface area contributed by atoms with Gasteiger partial charge < -0.3 is 4.98 Å². The molecule has 0 bridgehead atoms. The fourth-order valence-corrected chi connectivity index (χ4v) is 3.32. The molecule has 17 heavy (non-hydrogen) atoms. The first-order chi connectivity index (χ1) is 8.29. The van der Waals surface area contributed by atoms with E-state index in [-0.39, 0.29) is 0 Å². The van der Waals surface area contributed by atoms with Gasteiger partial charge in [-0.2, -0.15) is 0 Å². The van der Waals surface area contributed by atoms with E-state index in [2.05, 4.69) is 42.2 Å². The molecule has 0 fully saturated rings. The maximum Gasteiger partial charge on any atom is 0.0934 e. The van der Waals surface area contributed by atoms with Crippen molar-refractivity contribution in [3.8, 4) is 10.4 Å². The number of aromatic nitrogens is 1. The van der Waals surface area contributed by atoms with Crippen LogP contribution in [0.1, 0.15) is 12.6 Å². The van der Waals surface area contributed by atoms with E-state index in [1.54, 1.807) is 11.3 Å². The van der Waals surface area contributed by atoms with E-state index in [1.807, 2.05) is 6.07 Å². The summed E-state index contributed by atoms with van der Waals surface area (Å²) in [5.74, 6) is 0. The third-order valence-corrected chi connectivity index (χ3v) is 4.21. The van der Waals surface area contributed by atoms with E-state index >= 15 is 0 Å². The Morgan fingerprint density at radius 2 is 2.00 bits per heavy atom. The van der Waals surface area contributed by atoms with Crippen LogP contribution in [0.2, 0.25) is 4.34 Å². The van der Waals surface area contributed by atoms with E-state index in [1.165, 1.54) is 27.0 Å². The van der Waals surface area contributed by atoms with Gasteiger partial charge in [0, 0.05) is 27.0 Å². The van der Waals surface area contributed by atoms with Crippen molar-refractivity contribution in [3.63, 3.8) is 0 Å². The average molecular weight is 262 g/mol. The first-order valence-electron chi connectivity index (χ1n) is 5.65. The minimum Gasteiger partial charge on any atom is -0.358 e. The van der Waals surface area contributed by atoms with Crippen molar-refractivity contribution in [2.24, 2.45) is 0 Å². The van der Waals surface area contributed by atoms with Crippen molar-refractivity contribution in [1.29, 1.82) is 0 Å². The first-order valence-corrected chi connectivity index (χ1v) is 6.84. The standard InChI is InChI=1S/C14H12ClNS/c1-2-10-14(12-7-8-13(15)17-12)9-5-3-4-6-11(9)16-10/h3-8,16H,2H2,1H3. The van der Waals surface area contributed by atoms with E-state index in [4.69, 9.17) is 11.6 Å². The summed E-state index contributed by atoms with van der Waals surface area (Å²) in [5.41, 5.74) is 3.79. The number of thiophene rings is 1. The van der Waals surface area contributed by atoms with Crippen molar-refractivity contribution < 1.29 is 0 Å². The highest BCUT2D eigenvalue weighted by atomic mass is 35.5. The molecule has 0 saturated heterocycles. The Hall–Kier alpha value is -1.25. The SMILES string of the molecule is CCc1[nH]c2ccccc2c1-c1ccc(Cl)s1. The number of aryl methyl sites for hydroxylation is 1. The lowest BCUT2D eigenvalue weighted by molar-refractivity contribution is 1.08. The van der Waals surface area contributed by atoms with Gasteiger partial charge in [-0.1, -0.05) is 36.7 Å². The summed E-state index contributed by atoms with van der Waals surface area (Å²) in [4.78, 5) is 4.73. The summed E-state index contributed by atoms with van der Waals surface area (Å²) >= 11 is 7.67. The Balaban J connectivity index is 2.33. The van der Waals surface area contributed by atoms with E-state index in [9.17, 15) is 0 Å². The van der Waals surface area contributed by atoms with Crippen LogP contribution in [-0.2, 0) is 6.42 Å². The molecule has 0 aliphatic heterocycles. The molecule has 2 heterocycles. The lowest BCUT2D eigenvalue weighted by atomic mass is 10.1. The summed E-state index contributed by atoms with van der Waals surface area (Å²) in [5, 5.41) is 1.28. The van der Waals surface area contributed by atoms with Crippen molar-refractivity contribution in [1.82, 2.24) is 4.98 Å². The van der Waals surface area contributed by atoms with Crippen LogP contribution in [-0.4, -0.2) is 4.98 Å². The summed E-state index contributed by atoms with van der Waals surface area (Å²) in [6, 6.07) is 12.5. The second-order valence-electron chi connectivity index (χ2n) is 3.98. The van der Waals surface area contributed by atoms with Gasteiger partial charge in [0.25, 0.3) is 0 Å². The number of hydrogen-bond donors (Lipinski definition) is 1. The van der Waals surface area contributed by atoms with Gasteiger partial charge in [0.15, 0.2) is 0 Å². The van der Waals surface area contributed by atoms with Gasteiger partial charge in [0.2, 0.25) is 0 Å². The number of fused-ring (bicyclic) bond motifs is 1. The highest BCUT2D eigenvalue weighted by molar-refractivity contribution is 7.19. The number of nitrogens with one attached hydrogen (secondary N) is 1. The minimum atomic E-state index is 0.840. The van der Waals surface area contributed by atoms with Crippen LogP contribution in [0.4, 0.5) is 0 Å². The predicted molar refractivity (Wildman–Crippen MR) is 76.0 cm³/mol. The molecule has 0 aliphatic rings. The molecule has 0 aliphatic carbocycles. The summed E-state index contributed by atoms with van der Waals surface area (Å²) in [7, 11) is 0. The van der Waals surface area contributed by atoms with Gasteiger partial charge in [-0.05, 0) is 24.6 Å². The molecule has 3 aromatic rings. The summed E-state index contributed by atoms with van der Waals surface area (Å²) in [6.07, 6.45) is 1.000. The molecule has 0 amide bonds. The lowest BCUT2D eigenvalue weighted by Gasteiger charge is -1.98. The van der Waals surface area contributed by atoms with Crippen LogP contribution in [0, 0.1) is 0 Å². The molecule has 1 N–H and O–H groups in total. The fraction of sp³-hybridized carbons (Fsp3) is 0.143. The molecule has 86 valence electrons. The van der Waals surface area contributed by atoms with Crippen LogP contribution in [0.25, 0.3) is 21.3 Å². The van der Waals surface area contributed by atoms with Crippen LogP contribution in [0.5, 0.6) is 0 Å². The van der Waals surface area contributed by atoms with Crippen molar-refractivity contribution in [2.75, 3.05) is 0 Å². The number of aromatic amines is 1. The average Bonchev–Trinajstić information content (AvgIpc) is 2.91. The van der Waals surface area contributed by atoms with E-state index in [0.717, 1.165) is 10.8 Å². The first kappa shape index (κ1) is 10.9. The molecule has 1 nitrogen and oxygen atoms in total. The molecule has 0 spiro atoms. The second-order valence-corrected chi connectivity index (χ2v) is 5.70. The van der Waals surface area contributed by atoms with Crippen molar-refractivity contribution >= 4 is 33.8 Å². The molecule has 3 rings (SSSR count). The van der Waals surface area contributed by atoms with Gasteiger partial charge in [-0.15, -0.1) is 11.3 Å². The number of hydrogen-bond acceptors (Lipinski definition) is 1. The Labute approximate surface area is 109 Å². The molecular formula is C14H12ClNS. The Kier molecular flexibility index (Phi) is 2.69. The molecule has 0 atom stereocenters. The molecular weight excluding hydrogens is 250 g/mol. The van der Waals surface area contributed by atoms with Crippen LogP contribution in [0.3, 0.4) is 0 Å². The zero-order valence-corrected chi connectivity index (χ0v) is 11.0.